The Morgan fingerprint density at radius 2 is 2.12 bits per heavy atom. The first-order chi connectivity index (χ1) is 8.21. The molecule has 0 aliphatic rings. The molecule has 5 heteroatoms. The second-order valence-electron chi connectivity index (χ2n) is 3.67. The van der Waals surface area contributed by atoms with Gasteiger partial charge in [0.25, 0.3) is 5.91 Å². The molecular weight excluding hydrogens is 222 g/mol. The predicted molar refractivity (Wildman–Crippen MR) is 62.6 cm³/mol. The first-order valence-corrected chi connectivity index (χ1v) is 5.31. The fourth-order valence-electron chi connectivity index (χ4n) is 1.39. The molecular formula is C12H17NO4. The number of aliphatic hydroxyl groups excluding tert-OH is 2. The summed E-state index contributed by atoms with van der Waals surface area (Å²) in [6, 6.07) is 6.37. The molecule has 0 bridgehead atoms. The molecule has 0 unspecified atom stereocenters. The van der Waals surface area contributed by atoms with Crippen LogP contribution in [0.15, 0.2) is 24.3 Å². The van der Waals surface area contributed by atoms with Crippen molar-refractivity contribution in [2.24, 2.45) is 0 Å². The Hall–Kier alpha value is -1.43. The van der Waals surface area contributed by atoms with Crippen molar-refractivity contribution < 1.29 is 19.7 Å². The summed E-state index contributed by atoms with van der Waals surface area (Å²) in [5.74, 6) is -0.323. The molecule has 17 heavy (non-hydrogen) atoms. The van der Waals surface area contributed by atoms with Crippen LogP contribution in [0.25, 0.3) is 0 Å². The summed E-state index contributed by atoms with van der Waals surface area (Å²) in [6.07, 6.45) is 0. The van der Waals surface area contributed by atoms with E-state index in [1.165, 1.54) is 0 Å². The molecule has 0 heterocycles. The van der Waals surface area contributed by atoms with E-state index in [2.05, 4.69) is 5.32 Å². The van der Waals surface area contributed by atoms with Crippen molar-refractivity contribution in [2.75, 3.05) is 20.3 Å². The van der Waals surface area contributed by atoms with E-state index < -0.39 is 6.04 Å². The molecule has 0 aliphatic heterocycles. The quantitative estimate of drug-likeness (QED) is 0.648. The lowest BCUT2D eigenvalue weighted by atomic mass is 10.1. The third-order valence-electron chi connectivity index (χ3n) is 2.28. The molecule has 0 saturated carbocycles. The Kier molecular flexibility index (Phi) is 5.62. The fourth-order valence-corrected chi connectivity index (χ4v) is 1.39. The van der Waals surface area contributed by atoms with E-state index in [0.29, 0.717) is 12.2 Å². The maximum Gasteiger partial charge on any atom is 0.251 e. The average Bonchev–Trinajstić information content (AvgIpc) is 2.36. The number of rotatable bonds is 6. The van der Waals surface area contributed by atoms with Crippen LogP contribution in [0, 0.1) is 0 Å². The second-order valence-corrected chi connectivity index (χ2v) is 3.67. The Balaban J connectivity index is 2.71. The monoisotopic (exact) mass is 239 g/mol. The predicted octanol–water partition coefficient (Wildman–Crippen LogP) is -0.0840. The van der Waals surface area contributed by atoms with Gasteiger partial charge in [0.05, 0.1) is 25.9 Å². The van der Waals surface area contributed by atoms with Crippen molar-refractivity contribution in [1.82, 2.24) is 5.32 Å². The molecule has 3 N–H and O–H groups in total. The number of aliphatic hydroxyl groups is 2. The van der Waals surface area contributed by atoms with E-state index >= 15 is 0 Å². The minimum Gasteiger partial charge on any atom is -0.394 e. The summed E-state index contributed by atoms with van der Waals surface area (Å²) in [4.78, 5) is 11.8. The average molecular weight is 239 g/mol. The fraction of sp³-hybridized carbons (Fsp3) is 0.417. The van der Waals surface area contributed by atoms with Gasteiger partial charge >= 0.3 is 0 Å². The molecule has 0 saturated heterocycles. The SMILES string of the molecule is COCc1cccc(C(=O)NC(CO)CO)c1. The van der Waals surface area contributed by atoms with Crippen LogP contribution < -0.4 is 5.32 Å². The standard InChI is InChI=1S/C12H17NO4/c1-17-8-9-3-2-4-10(5-9)12(16)13-11(6-14)7-15/h2-5,11,14-15H,6-8H2,1H3,(H,13,16). The summed E-state index contributed by atoms with van der Waals surface area (Å²) in [6.45, 7) is -0.148. The van der Waals surface area contributed by atoms with Crippen molar-refractivity contribution in [3.8, 4) is 0 Å². The zero-order valence-electron chi connectivity index (χ0n) is 9.72. The van der Waals surface area contributed by atoms with Crippen molar-refractivity contribution in [2.45, 2.75) is 12.6 Å². The first-order valence-electron chi connectivity index (χ1n) is 5.31. The van der Waals surface area contributed by atoms with Crippen molar-refractivity contribution in [1.29, 1.82) is 0 Å². The summed E-state index contributed by atoms with van der Waals surface area (Å²) in [7, 11) is 1.58. The normalized spacial score (nSPS) is 10.6. The van der Waals surface area contributed by atoms with E-state index in [4.69, 9.17) is 14.9 Å². The molecule has 0 aromatic heterocycles. The zero-order valence-corrected chi connectivity index (χ0v) is 9.72. The van der Waals surface area contributed by atoms with Gasteiger partial charge in [0.2, 0.25) is 0 Å². The Labute approximate surface area is 100 Å². The van der Waals surface area contributed by atoms with Gasteiger partial charge in [0, 0.05) is 12.7 Å². The van der Waals surface area contributed by atoms with Crippen molar-refractivity contribution in [3.05, 3.63) is 35.4 Å². The van der Waals surface area contributed by atoms with E-state index in [9.17, 15) is 4.79 Å². The van der Waals surface area contributed by atoms with Crippen LogP contribution in [0.3, 0.4) is 0 Å². The molecule has 0 fully saturated rings. The number of benzene rings is 1. The zero-order chi connectivity index (χ0) is 12.7. The van der Waals surface area contributed by atoms with Gasteiger partial charge in [0.15, 0.2) is 0 Å². The summed E-state index contributed by atoms with van der Waals surface area (Å²) in [5, 5.41) is 20.3. The number of nitrogens with one attached hydrogen (secondary N) is 1. The van der Waals surface area contributed by atoms with Gasteiger partial charge in [-0.2, -0.15) is 0 Å². The van der Waals surface area contributed by atoms with Gasteiger partial charge in [-0.1, -0.05) is 12.1 Å². The van der Waals surface area contributed by atoms with Crippen LogP contribution in [0.1, 0.15) is 15.9 Å². The minimum atomic E-state index is -0.631. The highest BCUT2D eigenvalue weighted by Gasteiger charge is 2.12. The molecule has 0 radical (unpaired) electrons. The Morgan fingerprint density at radius 1 is 1.41 bits per heavy atom. The lowest BCUT2D eigenvalue weighted by Gasteiger charge is -2.13. The van der Waals surface area contributed by atoms with Gasteiger partial charge in [-0.05, 0) is 17.7 Å². The third kappa shape index (κ3) is 4.14. The number of amides is 1. The number of methoxy groups -OCH3 is 1. The van der Waals surface area contributed by atoms with Crippen LogP contribution in [-0.4, -0.2) is 42.5 Å². The molecule has 0 atom stereocenters. The van der Waals surface area contributed by atoms with Gasteiger partial charge in [-0.3, -0.25) is 4.79 Å². The molecule has 1 amide bonds. The number of ether oxygens (including phenoxy) is 1. The number of hydrogen-bond donors (Lipinski definition) is 3. The topological polar surface area (TPSA) is 78.8 Å². The highest BCUT2D eigenvalue weighted by Crippen LogP contribution is 2.06. The van der Waals surface area contributed by atoms with Gasteiger partial charge in [0.1, 0.15) is 0 Å². The molecule has 0 aliphatic carbocycles. The molecule has 1 aromatic rings. The lowest BCUT2D eigenvalue weighted by Crippen LogP contribution is -2.40. The van der Waals surface area contributed by atoms with E-state index in [1.54, 1.807) is 25.3 Å². The summed E-state index contributed by atoms with van der Waals surface area (Å²) < 4.78 is 4.97. The summed E-state index contributed by atoms with van der Waals surface area (Å²) in [5.41, 5.74) is 1.37. The Bertz CT molecular complexity index is 363. The van der Waals surface area contributed by atoms with Crippen LogP contribution in [0.2, 0.25) is 0 Å². The largest absolute Gasteiger partial charge is 0.394 e. The van der Waals surface area contributed by atoms with Gasteiger partial charge in [-0.15, -0.1) is 0 Å². The second kappa shape index (κ2) is 7.01. The van der Waals surface area contributed by atoms with Gasteiger partial charge in [-0.25, -0.2) is 0 Å². The highest BCUT2D eigenvalue weighted by atomic mass is 16.5. The smallest absolute Gasteiger partial charge is 0.251 e. The maximum atomic E-state index is 11.8. The first kappa shape index (κ1) is 13.6. The number of carbonyl (C=O) groups excluding carboxylic acids is 1. The van der Waals surface area contributed by atoms with Crippen molar-refractivity contribution in [3.63, 3.8) is 0 Å². The highest BCUT2D eigenvalue weighted by molar-refractivity contribution is 5.94. The van der Waals surface area contributed by atoms with Gasteiger partial charge < -0.3 is 20.3 Å². The molecule has 1 rings (SSSR count). The molecule has 0 spiro atoms. The molecule has 5 nitrogen and oxygen atoms in total. The lowest BCUT2D eigenvalue weighted by molar-refractivity contribution is 0.0879. The van der Waals surface area contributed by atoms with E-state index in [1.807, 2.05) is 6.07 Å². The maximum absolute atomic E-state index is 11.8. The molecule has 94 valence electrons. The van der Waals surface area contributed by atoms with Crippen LogP contribution in [0.5, 0.6) is 0 Å². The number of hydrogen-bond acceptors (Lipinski definition) is 4. The Morgan fingerprint density at radius 3 is 2.71 bits per heavy atom. The van der Waals surface area contributed by atoms with E-state index in [0.717, 1.165) is 5.56 Å². The minimum absolute atomic E-state index is 0.292. The van der Waals surface area contributed by atoms with Crippen LogP contribution >= 0.6 is 0 Å². The van der Waals surface area contributed by atoms with Crippen LogP contribution in [0.4, 0.5) is 0 Å². The number of carbonyl (C=O) groups is 1. The molecule has 1 aromatic carbocycles. The third-order valence-corrected chi connectivity index (χ3v) is 2.28. The van der Waals surface area contributed by atoms with Crippen LogP contribution in [-0.2, 0) is 11.3 Å². The van der Waals surface area contributed by atoms with Crippen molar-refractivity contribution >= 4 is 5.91 Å². The van der Waals surface area contributed by atoms with E-state index in [-0.39, 0.29) is 19.1 Å². The summed E-state index contributed by atoms with van der Waals surface area (Å²) >= 11 is 0.